The molecule has 10 aromatic rings. The number of ether oxygens (including phenoxy) is 5. The molecule has 0 bridgehead atoms. The molecule has 4 fully saturated rings. The van der Waals surface area contributed by atoms with Gasteiger partial charge in [0.05, 0.1) is 62.1 Å². The van der Waals surface area contributed by atoms with Crippen molar-refractivity contribution in [3.05, 3.63) is 299 Å². The van der Waals surface area contributed by atoms with Gasteiger partial charge in [-0.05, 0) is 155 Å². The van der Waals surface area contributed by atoms with E-state index in [-0.39, 0.29) is 144 Å². The van der Waals surface area contributed by atoms with E-state index in [2.05, 4.69) is 77.1 Å². The van der Waals surface area contributed by atoms with Gasteiger partial charge in [0.25, 0.3) is 18.0 Å². The largest absolute Gasteiger partial charge is 0.482 e. The Labute approximate surface area is 847 Å². The van der Waals surface area contributed by atoms with E-state index in [0.29, 0.717) is 98.3 Å². The van der Waals surface area contributed by atoms with Crippen molar-refractivity contribution >= 4 is 140 Å². The number of Topliss-reactive ketones (excluding diaryl/α,β-unsaturated/α-hetero) is 4. The summed E-state index contributed by atoms with van der Waals surface area (Å²) in [7, 11) is 0. The summed E-state index contributed by atoms with van der Waals surface area (Å²) in [6, 6.07) is 73.6. The van der Waals surface area contributed by atoms with Gasteiger partial charge < -0.3 is 70.1 Å². The molecule has 4 heterocycles. The highest BCUT2D eigenvalue weighted by Gasteiger charge is 2.38. The molecule has 0 saturated carbocycles. The molecule has 37 heteroatoms. The number of rotatable bonds is 39. The summed E-state index contributed by atoms with van der Waals surface area (Å²) in [6.07, 6.45) is -7.47. The fraction of sp³-hybridized carbons (Fsp3) is 0.327. The number of nitrogens with one attached hydrogen (secondary N) is 5. The first kappa shape index (κ1) is 109. The van der Waals surface area contributed by atoms with Gasteiger partial charge in [0.1, 0.15) is 42.0 Å². The van der Waals surface area contributed by atoms with Gasteiger partial charge in [-0.3, -0.25) is 38.6 Å². The lowest BCUT2D eigenvalue weighted by Gasteiger charge is -2.36. The van der Waals surface area contributed by atoms with Crippen LogP contribution < -0.4 is 52.4 Å². The molecule has 16 rings (SSSR count). The van der Waals surface area contributed by atoms with Gasteiger partial charge in [0.2, 0.25) is 16.9 Å². The predicted molar refractivity (Wildman–Crippen MR) is 549 cm³/mol. The summed E-state index contributed by atoms with van der Waals surface area (Å²) in [6.45, 7) is 12.9. The number of nitrogens with two attached hydrogens (primary N) is 1. The lowest BCUT2D eigenvalue weighted by Crippen LogP contribution is -2.49. The third-order valence-corrected chi connectivity index (χ3v) is 25.9. The molecule has 0 radical (unpaired) electrons. The minimum absolute atomic E-state index is 0. The van der Waals surface area contributed by atoms with Gasteiger partial charge in [-0.25, -0.2) is 56.4 Å². The number of carbonyl (C=O) groups excluding carboxylic acids is 10. The number of anilines is 6. The van der Waals surface area contributed by atoms with E-state index in [1.54, 1.807) is 81.4 Å². The van der Waals surface area contributed by atoms with Crippen LogP contribution in [0.25, 0.3) is 22.3 Å². The third kappa shape index (κ3) is 29.0. The maximum absolute atomic E-state index is 15.3. The van der Waals surface area contributed by atoms with Crippen LogP contribution in [0.2, 0.25) is 0 Å². The lowest BCUT2D eigenvalue weighted by atomic mass is 9.89. The minimum Gasteiger partial charge on any atom is -0.482 e. The van der Waals surface area contributed by atoms with Crippen LogP contribution in [0.15, 0.2) is 243 Å². The Hall–Kier alpha value is -14.0. The summed E-state index contributed by atoms with van der Waals surface area (Å²) in [5.74, 6) is -5.61. The number of nitrogens with zero attached hydrogens (tertiary/aromatic N) is 7. The number of hydrogen-bond acceptors (Lipinski definition) is 25. The molecule has 2 atom stereocenters. The highest BCUT2D eigenvalue weighted by atomic mass is 35.5. The van der Waals surface area contributed by atoms with Crippen molar-refractivity contribution in [3.63, 3.8) is 0 Å². The first-order valence-electron chi connectivity index (χ1n) is 47.3. The average molecular weight is 2040 g/mol. The minimum atomic E-state index is -2.83. The molecule has 0 spiro atoms. The number of benzene rings is 10. The monoisotopic (exact) mass is 2030 g/mol. The van der Waals surface area contributed by atoms with Crippen LogP contribution in [0, 0.1) is 11.6 Å². The fourth-order valence-electron chi connectivity index (χ4n) is 17.7. The second kappa shape index (κ2) is 53.4. The lowest BCUT2D eigenvalue weighted by molar-refractivity contribution is -0.153. The zero-order valence-corrected chi connectivity index (χ0v) is 82.1. The zero-order valence-electron chi connectivity index (χ0n) is 79.6. The van der Waals surface area contributed by atoms with Crippen molar-refractivity contribution in [2.45, 2.75) is 95.7 Å². The number of cyclic esters (lactones) is 2. The average Bonchev–Trinajstić information content (AvgIpc) is 1.62. The number of amides is 4. The molecule has 4 aliphatic heterocycles. The van der Waals surface area contributed by atoms with Crippen LogP contribution in [-0.4, -0.2) is 240 Å². The molecule has 6 aliphatic rings. The van der Waals surface area contributed by atoms with E-state index in [4.69, 9.17) is 29.4 Å². The first-order chi connectivity index (χ1) is 69.2. The molecule has 4 amide bonds. The Kier molecular flexibility index (Phi) is 40.3. The molecule has 0 unspecified atom stereocenters. The Balaban J connectivity index is 0.000000202. The summed E-state index contributed by atoms with van der Waals surface area (Å²) in [5.41, 5.74) is 30.5. The zero-order chi connectivity index (χ0) is 102. The standard InChI is InChI=1S/C43H41F3N6O7S.C41H41FN6O7.C17H16F2OS.C6H15N.ClH/c44-35-21-28(52-24-29(59-43(52)57)22-47-41(60)40(45)46)12-13-36(35)50-16-18-51(19-17-50)39(55)15-14-37(53)26-6-5-7-27(20-26)49-48-23-38(54)42(56)58-25-34-32-10-3-1-8-30(32)31-9-2-4-11-33(31)34;42-35-21-28(48-24-29(22-43)55-41(48)53)12-13-36(35)46-16-18-47(19-17-46)39(51)15-14-37(49)26-6-5-7-27(20-26)45-44-23-38(50)40(52)54-25-34-32-10-3-1-8-30(32)31-9-2-4-11-33(31)34;18-16(19)17(21)20-12-11-15(13-7-3-1-4-8-13)14-9-5-2-6-10-14;1-4-7(5-2)6-3;/h1-13,20-21,29,34,40,48-49H,14-19,22-25H2,(H,47,60);1-13,20-21,29,34,44-45H,14-19,22-25,43H2;1-10,15-16H,11-12H2;4-6H2,1-3H3;1H/t2*29-;;;/m00.../s1. The maximum Gasteiger partial charge on any atom is 0.414 e. The Morgan fingerprint density at radius 2 is 0.840 bits per heavy atom. The van der Waals surface area contributed by atoms with Crippen LogP contribution in [0.3, 0.4) is 0 Å². The van der Waals surface area contributed by atoms with E-state index in [9.17, 15) is 65.5 Å². The Bertz CT molecular complexity index is 6030. The number of piperazine rings is 2. The first-order valence-corrected chi connectivity index (χ1v) is 48.2. The van der Waals surface area contributed by atoms with Gasteiger partial charge in [0.15, 0.2) is 11.6 Å². The van der Waals surface area contributed by atoms with Gasteiger partial charge in [-0.2, -0.15) is 0 Å². The van der Waals surface area contributed by atoms with Gasteiger partial charge in [-0.1, -0.05) is 215 Å². The third-order valence-electron chi connectivity index (χ3n) is 25.3. The number of thiocarbonyl (C=S) groups is 2. The molecule has 4 saturated heterocycles. The number of hydrogen-bond donors (Lipinski definition) is 6. The maximum atomic E-state index is 15.3. The van der Waals surface area contributed by atoms with Crippen molar-refractivity contribution in [2.24, 2.45) is 5.73 Å². The second-order valence-corrected chi connectivity index (χ2v) is 35.1. The summed E-state index contributed by atoms with van der Waals surface area (Å²) in [4.78, 5) is 138. The molecule has 758 valence electrons. The Morgan fingerprint density at radius 3 is 1.20 bits per heavy atom. The molecule has 10 aromatic carbocycles. The van der Waals surface area contributed by atoms with Crippen molar-refractivity contribution in [2.75, 3.05) is 162 Å². The van der Waals surface area contributed by atoms with Crippen LogP contribution in [-0.2, 0) is 52.5 Å². The number of hydrazine groups is 2. The number of ketones is 4. The van der Waals surface area contributed by atoms with Crippen LogP contribution in [0.4, 0.5) is 70.1 Å². The quantitative estimate of drug-likeness (QED) is 0.00396. The SMILES string of the molecule is CCN(CC)CC.Cl.FC(F)C(=S)OCCC(c1ccccc1)c1ccccc1.NC[C@H]1CN(c2ccc(N3CCN(C(=O)CCC(=O)c4cccc(NNCC(=O)C(=O)OCC5c6ccccc6-c6ccccc65)c4)CC3)c(F)c2)C(=O)O1.O=C(CNNc1cccc(C(=O)CCC(=O)N2CCN(c3ccc(N4C[C@H](CNC(=S)C(F)F)OC4=O)cc3F)CC2)c1)C(=O)OCC1c2ccccc2-c2ccccc21. The normalized spacial score (nSPS) is 15.0. The van der Waals surface area contributed by atoms with E-state index in [0.717, 1.165) is 55.6 Å². The summed E-state index contributed by atoms with van der Waals surface area (Å²) < 4.78 is 107. The number of alkyl halides is 4. The van der Waals surface area contributed by atoms with Crippen LogP contribution in [0.1, 0.15) is 125 Å². The van der Waals surface area contributed by atoms with E-state index in [1.807, 2.05) is 163 Å². The number of esters is 2. The van der Waals surface area contributed by atoms with Gasteiger partial charge in [0, 0.05) is 125 Å². The van der Waals surface area contributed by atoms with Crippen molar-refractivity contribution in [1.82, 2.24) is 30.9 Å². The van der Waals surface area contributed by atoms with Crippen LogP contribution >= 0.6 is 36.8 Å². The Morgan fingerprint density at radius 1 is 0.458 bits per heavy atom. The van der Waals surface area contributed by atoms with Crippen LogP contribution in [0.5, 0.6) is 0 Å². The number of fused-ring (bicyclic) bond motifs is 6. The molecular weight excluding hydrogens is 1920 g/mol. The van der Waals surface area contributed by atoms with Crippen molar-refractivity contribution < 1.29 is 98.0 Å². The molecule has 2 aliphatic carbocycles. The van der Waals surface area contributed by atoms with Gasteiger partial charge in [-0.15, -0.1) is 12.4 Å². The molecule has 0 aromatic heterocycles. The molecular formula is C107H114ClF6N13O15S2. The fourth-order valence-corrected chi connectivity index (χ4v) is 17.8. The van der Waals surface area contributed by atoms with Crippen molar-refractivity contribution in [3.8, 4) is 22.3 Å². The number of carbonyl (C=O) groups is 10. The highest BCUT2D eigenvalue weighted by molar-refractivity contribution is 7.80. The topological polar surface area (TPSA) is 326 Å². The molecule has 28 nitrogen and oxygen atoms in total. The van der Waals surface area contributed by atoms with Crippen molar-refractivity contribution in [1.29, 1.82) is 0 Å². The smallest absolute Gasteiger partial charge is 0.414 e. The molecule has 7 N–H and O–H groups in total. The number of halogens is 7. The van der Waals surface area contributed by atoms with E-state index < -0.39 is 82.4 Å². The van der Waals surface area contributed by atoms with E-state index >= 15 is 8.78 Å². The predicted octanol–water partition coefficient (Wildman–Crippen LogP) is 16.3. The molecule has 144 heavy (non-hydrogen) atoms. The second-order valence-electron chi connectivity index (χ2n) is 34.2. The highest BCUT2D eigenvalue weighted by Crippen LogP contribution is 2.47. The van der Waals surface area contributed by atoms with Gasteiger partial charge >= 0.3 is 30.6 Å². The summed E-state index contributed by atoms with van der Waals surface area (Å²) >= 11 is 9.04. The summed E-state index contributed by atoms with van der Waals surface area (Å²) in [5, 5.41) is 1.74. The van der Waals surface area contributed by atoms with E-state index in [1.165, 1.54) is 47.6 Å².